The summed E-state index contributed by atoms with van der Waals surface area (Å²) >= 11 is 0. The highest BCUT2D eigenvalue weighted by Crippen LogP contribution is 2.20. The molecule has 0 aliphatic carbocycles. The van der Waals surface area contributed by atoms with Crippen molar-refractivity contribution in [2.75, 3.05) is 6.54 Å². The lowest BCUT2D eigenvalue weighted by Gasteiger charge is -2.24. The topological polar surface area (TPSA) is 63.2 Å². The molecule has 0 spiro atoms. The molecule has 25 heavy (non-hydrogen) atoms. The molecule has 5 heteroatoms. The summed E-state index contributed by atoms with van der Waals surface area (Å²) in [5, 5.41) is 6.38. The zero-order valence-corrected chi connectivity index (χ0v) is 14.6. The van der Waals surface area contributed by atoms with Crippen molar-refractivity contribution in [3.63, 3.8) is 0 Å². The van der Waals surface area contributed by atoms with E-state index in [1.54, 1.807) is 6.20 Å². The molecule has 1 unspecified atom stereocenters. The van der Waals surface area contributed by atoms with Crippen LogP contribution < -0.4 is 15.4 Å². The van der Waals surface area contributed by atoms with E-state index in [9.17, 15) is 4.79 Å². The largest absolute Gasteiger partial charge is 0.487 e. The van der Waals surface area contributed by atoms with Gasteiger partial charge in [-0.15, -0.1) is 0 Å². The number of carbonyl (C=O) groups excluding carboxylic acids is 1. The first-order valence-corrected chi connectivity index (χ1v) is 8.89. The quantitative estimate of drug-likeness (QED) is 0.849. The monoisotopic (exact) mass is 339 g/mol. The summed E-state index contributed by atoms with van der Waals surface area (Å²) in [4.78, 5) is 16.6. The van der Waals surface area contributed by atoms with Gasteiger partial charge in [0.15, 0.2) is 0 Å². The molecule has 3 rings (SSSR count). The Morgan fingerprint density at radius 3 is 3.00 bits per heavy atom. The highest BCUT2D eigenvalue weighted by molar-refractivity contribution is 5.82. The summed E-state index contributed by atoms with van der Waals surface area (Å²) in [6.07, 6.45) is 4.92. The van der Waals surface area contributed by atoms with Gasteiger partial charge >= 0.3 is 0 Å². The molecule has 5 nitrogen and oxygen atoms in total. The van der Waals surface area contributed by atoms with Crippen molar-refractivity contribution in [1.29, 1.82) is 0 Å². The molecule has 1 amide bonds. The van der Waals surface area contributed by atoms with E-state index in [1.165, 1.54) is 0 Å². The Bertz CT molecular complexity index is 684. The third-order valence-electron chi connectivity index (χ3n) is 4.46. The predicted molar refractivity (Wildman–Crippen MR) is 97.2 cm³/mol. The van der Waals surface area contributed by atoms with Gasteiger partial charge in [-0.1, -0.05) is 24.6 Å². The maximum atomic E-state index is 12.4. The number of amides is 1. The van der Waals surface area contributed by atoms with Gasteiger partial charge in [0.25, 0.3) is 0 Å². The van der Waals surface area contributed by atoms with E-state index in [-0.39, 0.29) is 18.0 Å². The lowest BCUT2D eigenvalue weighted by atomic mass is 10.0. The van der Waals surface area contributed by atoms with Crippen LogP contribution in [0.25, 0.3) is 0 Å². The fraction of sp³-hybridized carbons (Fsp3) is 0.400. The number of benzene rings is 1. The Morgan fingerprint density at radius 1 is 1.32 bits per heavy atom. The third-order valence-corrected chi connectivity index (χ3v) is 4.46. The summed E-state index contributed by atoms with van der Waals surface area (Å²) in [6.45, 7) is 3.35. The molecule has 0 radical (unpaired) electrons. The second-order valence-corrected chi connectivity index (χ2v) is 6.42. The number of aromatic nitrogens is 1. The van der Waals surface area contributed by atoms with Gasteiger partial charge in [-0.3, -0.25) is 9.78 Å². The molecule has 2 heterocycles. The standard InChI is InChI=1S/C20H25N3O2/c1-15(23-20(24)19-10-3-5-12-22-19)16-7-6-9-18(13-16)25-14-17-8-2-4-11-21-17/h2,4,6-9,11,13,15,19,22H,3,5,10,12,14H2,1H3,(H,23,24)/t15?,19-/m1/s1. The molecular weight excluding hydrogens is 314 g/mol. The van der Waals surface area contributed by atoms with E-state index < -0.39 is 0 Å². The van der Waals surface area contributed by atoms with Gasteiger partial charge in [0.2, 0.25) is 5.91 Å². The molecule has 132 valence electrons. The Hall–Kier alpha value is -2.40. The van der Waals surface area contributed by atoms with Crippen LogP contribution >= 0.6 is 0 Å². The summed E-state index contributed by atoms with van der Waals surface area (Å²) in [7, 11) is 0. The smallest absolute Gasteiger partial charge is 0.237 e. The number of rotatable bonds is 6. The van der Waals surface area contributed by atoms with Crippen LogP contribution in [0.5, 0.6) is 5.75 Å². The van der Waals surface area contributed by atoms with Crippen molar-refractivity contribution in [1.82, 2.24) is 15.6 Å². The van der Waals surface area contributed by atoms with Crippen LogP contribution in [0.4, 0.5) is 0 Å². The molecule has 2 aromatic rings. The molecule has 0 bridgehead atoms. The van der Waals surface area contributed by atoms with Crippen molar-refractivity contribution in [3.8, 4) is 5.75 Å². The van der Waals surface area contributed by atoms with E-state index >= 15 is 0 Å². The molecule has 1 aliphatic rings. The first-order chi connectivity index (χ1) is 12.2. The van der Waals surface area contributed by atoms with Gasteiger partial charge in [-0.2, -0.15) is 0 Å². The molecule has 1 fully saturated rings. The number of hydrogen-bond acceptors (Lipinski definition) is 4. The molecule has 1 aliphatic heterocycles. The number of hydrogen-bond donors (Lipinski definition) is 2. The van der Waals surface area contributed by atoms with Crippen LogP contribution in [-0.4, -0.2) is 23.5 Å². The average molecular weight is 339 g/mol. The lowest BCUT2D eigenvalue weighted by molar-refractivity contribution is -0.124. The van der Waals surface area contributed by atoms with E-state index in [4.69, 9.17) is 4.74 Å². The van der Waals surface area contributed by atoms with Crippen molar-refractivity contribution in [2.24, 2.45) is 0 Å². The van der Waals surface area contributed by atoms with Crippen molar-refractivity contribution in [2.45, 2.75) is 44.9 Å². The van der Waals surface area contributed by atoms with E-state index in [0.29, 0.717) is 6.61 Å². The van der Waals surface area contributed by atoms with Crippen LogP contribution in [-0.2, 0) is 11.4 Å². The van der Waals surface area contributed by atoms with Crippen LogP contribution in [0.1, 0.15) is 43.5 Å². The fourth-order valence-electron chi connectivity index (χ4n) is 2.99. The predicted octanol–water partition coefficient (Wildman–Crippen LogP) is 2.98. The highest BCUT2D eigenvalue weighted by Gasteiger charge is 2.22. The van der Waals surface area contributed by atoms with E-state index in [1.807, 2.05) is 49.4 Å². The van der Waals surface area contributed by atoms with Crippen LogP contribution in [0.3, 0.4) is 0 Å². The molecule has 2 atom stereocenters. The first-order valence-electron chi connectivity index (χ1n) is 8.89. The number of ether oxygens (including phenoxy) is 1. The Kier molecular flexibility index (Phi) is 6.01. The molecular formula is C20H25N3O2. The van der Waals surface area contributed by atoms with Gasteiger partial charge < -0.3 is 15.4 Å². The summed E-state index contributed by atoms with van der Waals surface area (Å²) in [5.74, 6) is 0.854. The summed E-state index contributed by atoms with van der Waals surface area (Å²) < 4.78 is 5.82. The minimum absolute atomic E-state index is 0.0605. The van der Waals surface area contributed by atoms with Crippen molar-refractivity contribution in [3.05, 3.63) is 59.9 Å². The highest BCUT2D eigenvalue weighted by atomic mass is 16.5. The molecule has 1 saturated heterocycles. The fourth-order valence-corrected chi connectivity index (χ4v) is 2.99. The van der Waals surface area contributed by atoms with Gasteiger partial charge in [-0.05, 0) is 56.1 Å². The van der Waals surface area contributed by atoms with E-state index in [2.05, 4.69) is 15.6 Å². The van der Waals surface area contributed by atoms with Gasteiger partial charge in [0.1, 0.15) is 12.4 Å². The van der Waals surface area contributed by atoms with Crippen LogP contribution in [0, 0.1) is 0 Å². The Morgan fingerprint density at radius 2 is 2.24 bits per heavy atom. The third kappa shape index (κ3) is 5.03. The normalized spacial score (nSPS) is 18.4. The van der Waals surface area contributed by atoms with E-state index in [0.717, 1.165) is 42.8 Å². The zero-order chi connectivity index (χ0) is 17.5. The lowest BCUT2D eigenvalue weighted by Crippen LogP contribution is -2.47. The van der Waals surface area contributed by atoms with Crippen molar-refractivity contribution >= 4 is 5.91 Å². The second-order valence-electron chi connectivity index (χ2n) is 6.42. The van der Waals surface area contributed by atoms with Gasteiger partial charge in [0.05, 0.1) is 17.8 Å². The summed E-state index contributed by atoms with van der Waals surface area (Å²) in [6, 6.07) is 13.5. The SMILES string of the molecule is CC(NC(=O)[C@H]1CCCCN1)c1cccc(OCc2ccccn2)c1. The average Bonchev–Trinajstić information content (AvgIpc) is 2.68. The number of nitrogens with one attached hydrogen (secondary N) is 2. The maximum absolute atomic E-state index is 12.4. The maximum Gasteiger partial charge on any atom is 0.237 e. The van der Waals surface area contributed by atoms with Crippen LogP contribution in [0.2, 0.25) is 0 Å². The first kappa shape index (κ1) is 17.4. The number of carbonyl (C=O) groups is 1. The molecule has 0 saturated carbocycles. The Labute approximate surface area is 148 Å². The number of pyridine rings is 1. The minimum Gasteiger partial charge on any atom is -0.487 e. The van der Waals surface area contributed by atoms with Gasteiger partial charge in [-0.25, -0.2) is 0 Å². The molecule has 1 aromatic heterocycles. The van der Waals surface area contributed by atoms with Gasteiger partial charge in [0, 0.05) is 6.20 Å². The minimum atomic E-state index is -0.0696. The molecule has 1 aromatic carbocycles. The number of piperidine rings is 1. The zero-order valence-electron chi connectivity index (χ0n) is 14.6. The van der Waals surface area contributed by atoms with Crippen LogP contribution in [0.15, 0.2) is 48.7 Å². The molecule has 2 N–H and O–H groups in total. The second kappa shape index (κ2) is 8.62. The number of nitrogens with zero attached hydrogens (tertiary/aromatic N) is 1. The van der Waals surface area contributed by atoms with Crippen molar-refractivity contribution < 1.29 is 9.53 Å². The summed E-state index contributed by atoms with van der Waals surface area (Å²) in [5.41, 5.74) is 1.92. The Balaban J connectivity index is 1.57.